The van der Waals surface area contributed by atoms with Crippen molar-refractivity contribution in [3.8, 4) is 0 Å². The molecule has 2 amide bonds. The number of alkyl carbamates (subject to hydrolysis) is 1. The van der Waals surface area contributed by atoms with Crippen molar-refractivity contribution in [2.45, 2.75) is 97.6 Å². The zero-order valence-corrected chi connectivity index (χ0v) is 22.5. The Morgan fingerprint density at radius 2 is 1.71 bits per heavy atom. The van der Waals surface area contributed by atoms with E-state index in [1.54, 1.807) is 33.2 Å². The lowest BCUT2D eigenvalue weighted by Gasteiger charge is -2.32. The molecule has 0 spiro atoms. The van der Waals surface area contributed by atoms with Gasteiger partial charge in [0.25, 0.3) is 0 Å². The molecule has 0 saturated carbocycles. The summed E-state index contributed by atoms with van der Waals surface area (Å²) in [5.74, 6) is 0.273. The van der Waals surface area contributed by atoms with Crippen molar-refractivity contribution in [3.05, 3.63) is 12.4 Å². The van der Waals surface area contributed by atoms with E-state index < -0.39 is 36.1 Å². The first-order chi connectivity index (χ1) is 16.1. The van der Waals surface area contributed by atoms with Gasteiger partial charge < -0.3 is 29.6 Å². The van der Waals surface area contributed by atoms with Gasteiger partial charge in [0.15, 0.2) is 0 Å². The normalized spacial score (nSPS) is 22.3. The molecule has 0 radical (unpaired) electrons. The third-order valence-corrected chi connectivity index (χ3v) is 6.62. The molecule has 1 aromatic rings. The number of carbonyl (C=O) groups is 2. The van der Waals surface area contributed by atoms with Gasteiger partial charge in [-0.05, 0) is 60.8 Å². The van der Waals surface area contributed by atoms with Gasteiger partial charge in [-0.1, -0.05) is 13.8 Å². The molecule has 2 atom stereocenters. The standard InChI is InChI=1S/C24H40BN5O5/c1-15(2)18(29-21(32)33-22(3,4)5)19(31)28-17-10-11-30(14-17)20-26-12-16(13-27-20)25-34-23(6,7)24(8,9)35-25/h12-13,15,17-18H,10-11,14H2,1-9H3,(H,28,31)(H,29,32)/t17-,18-/m1/s1. The lowest BCUT2D eigenvalue weighted by molar-refractivity contribution is -0.124. The van der Waals surface area contributed by atoms with Gasteiger partial charge in [-0.25, -0.2) is 14.8 Å². The predicted molar refractivity (Wildman–Crippen MR) is 135 cm³/mol. The van der Waals surface area contributed by atoms with Crippen LogP contribution in [-0.4, -0.2) is 71.1 Å². The highest BCUT2D eigenvalue weighted by Crippen LogP contribution is 2.36. The van der Waals surface area contributed by atoms with Gasteiger partial charge in [-0.15, -0.1) is 0 Å². The van der Waals surface area contributed by atoms with Crippen LogP contribution in [0.3, 0.4) is 0 Å². The molecule has 2 aliphatic rings. The fourth-order valence-electron chi connectivity index (χ4n) is 3.92. The molecule has 10 nitrogen and oxygen atoms in total. The Balaban J connectivity index is 1.56. The van der Waals surface area contributed by atoms with Gasteiger partial charge in [0.2, 0.25) is 11.9 Å². The van der Waals surface area contributed by atoms with Gasteiger partial charge in [-0.3, -0.25) is 4.79 Å². The van der Waals surface area contributed by atoms with Gasteiger partial charge in [0.05, 0.1) is 11.2 Å². The number of hydrogen-bond donors (Lipinski definition) is 2. The Morgan fingerprint density at radius 3 is 2.23 bits per heavy atom. The molecule has 194 valence electrons. The molecule has 2 saturated heterocycles. The smallest absolute Gasteiger partial charge is 0.444 e. The van der Waals surface area contributed by atoms with E-state index in [1.807, 2.05) is 46.4 Å². The van der Waals surface area contributed by atoms with Crippen molar-refractivity contribution in [2.75, 3.05) is 18.0 Å². The third-order valence-electron chi connectivity index (χ3n) is 6.62. The molecule has 2 N–H and O–H groups in total. The summed E-state index contributed by atoms with van der Waals surface area (Å²) in [7, 11) is -0.509. The van der Waals surface area contributed by atoms with Gasteiger partial charge >= 0.3 is 13.2 Å². The highest BCUT2D eigenvalue weighted by molar-refractivity contribution is 6.61. The van der Waals surface area contributed by atoms with E-state index in [1.165, 1.54) is 0 Å². The van der Waals surface area contributed by atoms with Crippen LogP contribution in [0.1, 0.15) is 68.7 Å². The monoisotopic (exact) mass is 489 g/mol. The number of rotatable bonds is 6. The van der Waals surface area contributed by atoms with Crippen LogP contribution >= 0.6 is 0 Å². The minimum atomic E-state index is -0.686. The summed E-state index contributed by atoms with van der Waals surface area (Å²) in [5, 5.41) is 5.75. The van der Waals surface area contributed by atoms with Crippen molar-refractivity contribution < 1.29 is 23.6 Å². The first-order valence-corrected chi connectivity index (χ1v) is 12.3. The largest absolute Gasteiger partial charge is 0.498 e. The summed E-state index contributed by atoms with van der Waals surface area (Å²) in [6.45, 7) is 18.5. The van der Waals surface area contributed by atoms with Crippen molar-refractivity contribution in [1.82, 2.24) is 20.6 Å². The number of ether oxygens (including phenoxy) is 1. The number of hydrogen-bond acceptors (Lipinski definition) is 8. The Morgan fingerprint density at radius 1 is 1.14 bits per heavy atom. The molecule has 0 bridgehead atoms. The van der Waals surface area contributed by atoms with Crippen LogP contribution in [0.15, 0.2) is 12.4 Å². The molecule has 2 aliphatic heterocycles. The maximum atomic E-state index is 12.9. The highest BCUT2D eigenvalue weighted by atomic mass is 16.7. The van der Waals surface area contributed by atoms with E-state index in [0.29, 0.717) is 19.0 Å². The lowest BCUT2D eigenvalue weighted by atomic mass is 9.81. The molecular formula is C24H40BN5O5. The number of nitrogens with one attached hydrogen (secondary N) is 2. The second kappa shape index (κ2) is 9.93. The van der Waals surface area contributed by atoms with Crippen molar-refractivity contribution in [2.24, 2.45) is 5.92 Å². The Labute approximate surface area is 209 Å². The van der Waals surface area contributed by atoms with E-state index in [0.717, 1.165) is 11.9 Å². The highest BCUT2D eigenvalue weighted by Gasteiger charge is 2.52. The quantitative estimate of drug-likeness (QED) is 0.584. The molecule has 3 rings (SSSR count). The van der Waals surface area contributed by atoms with E-state index in [2.05, 4.69) is 20.6 Å². The van der Waals surface area contributed by atoms with Gasteiger partial charge in [0.1, 0.15) is 11.6 Å². The number of anilines is 1. The summed E-state index contributed by atoms with van der Waals surface area (Å²) in [6, 6.07) is -0.759. The summed E-state index contributed by atoms with van der Waals surface area (Å²) < 4.78 is 17.4. The fourth-order valence-corrected chi connectivity index (χ4v) is 3.92. The SMILES string of the molecule is CC(C)[C@@H](NC(=O)OC(C)(C)C)C(=O)N[C@@H]1CCN(c2ncc(B3OC(C)(C)C(C)(C)O3)cn2)C1. The van der Waals surface area contributed by atoms with E-state index >= 15 is 0 Å². The number of carbonyl (C=O) groups excluding carboxylic acids is 2. The molecule has 2 fully saturated rings. The average Bonchev–Trinajstić information content (AvgIpc) is 3.26. The summed E-state index contributed by atoms with van der Waals surface area (Å²) >= 11 is 0. The molecule has 11 heteroatoms. The van der Waals surface area contributed by atoms with Crippen LogP contribution in [0.4, 0.5) is 10.7 Å². The zero-order valence-electron chi connectivity index (χ0n) is 22.5. The zero-order chi connectivity index (χ0) is 26.2. The molecule has 35 heavy (non-hydrogen) atoms. The van der Waals surface area contributed by atoms with Crippen LogP contribution in [0.5, 0.6) is 0 Å². The Bertz CT molecular complexity index is 900. The van der Waals surface area contributed by atoms with E-state index in [-0.39, 0.29) is 17.9 Å². The first kappa shape index (κ1) is 27.2. The van der Waals surface area contributed by atoms with Crippen LogP contribution in [-0.2, 0) is 18.8 Å². The van der Waals surface area contributed by atoms with Crippen molar-refractivity contribution in [1.29, 1.82) is 0 Å². The molecule has 1 aromatic heterocycles. The summed E-state index contributed by atoms with van der Waals surface area (Å²) in [5.41, 5.74) is -0.720. The molecular weight excluding hydrogens is 449 g/mol. The first-order valence-electron chi connectivity index (χ1n) is 12.3. The second-order valence-electron chi connectivity index (χ2n) is 11.7. The number of aromatic nitrogens is 2. The van der Waals surface area contributed by atoms with E-state index in [4.69, 9.17) is 14.0 Å². The molecule has 0 aromatic carbocycles. The van der Waals surface area contributed by atoms with Gasteiger partial charge in [0, 0.05) is 37.0 Å². The van der Waals surface area contributed by atoms with Crippen LogP contribution in [0.25, 0.3) is 0 Å². The summed E-state index contributed by atoms with van der Waals surface area (Å²) in [4.78, 5) is 36.2. The Kier molecular flexibility index (Phi) is 7.71. The van der Waals surface area contributed by atoms with Gasteiger partial charge in [-0.2, -0.15) is 0 Å². The minimum Gasteiger partial charge on any atom is -0.444 e. The third kappa shape index (κ3) is 6.64. The summed E-state index contributed by atoms with van der Waals surface area (Å²) in [6.07, 6.45) is 3.62. The molecule has 3 heterocycles. The molecule has 0 aliphatic carbocycles. The predicted octanol–water partition coefficient (Wildman–Crippen LogP) is 2.02. The minimum absolute atomic E-state index is 0.0736. The van der Waals surface area contributed by atoms with Crippen molar-refractivity contribution >= 4 is 30.5 Å². The molecule has 0 unspecified atom stereocenters. The van der Waals surface area contributed by atoms with Crippen molar-refractivity contribution in [3.63, 3.8) is 0 Å². The topological polar surface area (TPSA) is 115 Å². The number of amides is 2. The number of nitrogens with zero attached hydrogens (tertiary/aromatic N) is 3. The maximum absolute atomic E-state index is 12.9. The Hall–Kier alpha value is -2.40. The van der Waals surface area contributed by atoms with E-state index in [9.17, 15) is 9.59 Å². The maximum Gasteiger partial charge on any atom is 0.498 e. The second-order valence-corrected chi connectivity index (χ2v) is 11.7. The van der Waals surface area contributed by atoms with Crippen LogP contribution in [0, 0.1) is 5.92 Å². The lowest BCUT2D eigenvalue weighted by Crippen LogP contribution is -2.53. The fraction of sp³-hybridized carbons (Fsp3) is 0.750. The average molecular weight is 489 g/mol. The van der Waals surface area contributed by atoms with Crippen LogP contribution in [0.2, 0.25) is 0 Å². The van der Waals surface area contributed by atoms with Crippen LogP contribution < -0.4 is 21.0 Å².